The molecular weight excluding hydrogens is 454 g/mol. The van der Waals surface area contributed by atoms with E-state index < -0.39 is 23.5 Å². The normalized spacial score (nSPS) is 11.6. The first-order chi connectivity index (χ1) is 15.7. The second-order valence-electron chi connectivity index (χ2n) is 9.20. The van der Waals surface area contributed by atoms with Gasteiger partial charge < -0.3 is 29.0 Å². The highest BCUT2D eigenvalue weighted by Gasteiger charge is 2.24. The van der Waals surface area contributed by atoms with Crippen LogP contribution in [0.15, 0.2) is 12.1 Å². The molecule has 0 aliphatic heterocycles. The third-order valence-electron chi connectivity index (χ3n) is 3.86. The summed E-state index contributed by atoms with van der Waals surface area (Å²) in [4.78, 5) is 35.4. The summed E-state index contributed by atoms with van der Waals surface area (Å²) >= 11 is 0. The Balaban J connectivity index is 0. The minimum atomic E-state index is -0.946. The largest absolute Gasteiger partial charge is 0.514 e. The summed E-state index contributed by atoms with van der Waals surface area (Å²) in [5.41, 5.74) is -0.00754. The van der Waals surface area contributed by atoms with Gasteiger partial charge in [-0.2, -0.15) is 0 Å². The molecule has 0 bridgehead atoms. The summed E-state index contributed by atoms with van der Waals surface area (Å²) in [6.07, 6.45) is -0.868. The van der Waals surface area contributed by atoms with Gasteiger partial charge in [-0.3, -0.25) is 4.79 Å². The summed E-state index contributed by atoms with van der Waals surface area (Å²) < 4.78 is 26.5. The number of nitrogens with one attached hydrogen (secondary N) is 1. The Kier molecular flexibility index (Phi) is 15.7. The number of amides is 1. The molecule has 1 aromatic rings. The van der Waals surface area contributed by atoms with E-state index in [0.717, 1.165) is 11.1 Å². The first-order valence-corrected chi connectivity index (χ1v) is 11.5. The molecule has 0 heterocycles. The van der Waals surface area contributed by atoms with Crippen LogP contribution in [-0.4, -0.2) is 49.2 Å². The highest BCUT2D eigenvalue weighted by atomic mass is 16.8. The van der Waals surface area contributed by atoms with Gasteiger partial charge in [-0.1, -0.05) is 21.3 Å². The summed E-state index contributed by atoms with van der Waals surface area (Å²) in [7, 11) is 0. The molecule has 1 rings (SSSR count). The Morgan fingerprint density at radius 2 is 1.40 bits per heavy atom. The highest BCUT2D eigenvalue weighted by molar-refractivity contribution is 5.70. The Morgan fingerprint density at radius 1 is 0.943 bits per heavy atom. The van der Waals surface area contributed by atoms with Gasteiger partial charge in [0, 0.05) is 6.61 Å². The van der Waals surface area contributed by atoms with E-state index in [4.69, 9.17) is 23.7 Å². The number of rotatable bonds is 9. The van der Waals surface area contributed by atoms with Crippen molar-refractivity contribution in [1.29, 1.82) is 0 Å². The van der Waals surface area contributed by atoms with Crippen molar-refractivity contribution < 1.29 is 38.1 Å². The zero-order chi connectivity index (χ0) is 26.5. The van der Waals surface area contributed by atoms with Crippen molar-refractivity contribution in [3.05, 3.63) is 23.3 Å². The second kappa shape index (κ2) is 16.0. The monoisotopic (exact) mass is 499 g/mol. The zero-order valence-corrected chi connectivity index (χ0v) is 22.2. The van der Waals surface area contributed by atoms with E-state index in [0.29, 0.717) is 26.0 Å². The molecule has 202 valence electrons. The van der Waals surface area contributed by atoms with E-state index in [1.807, 2.05) is 27.7 Å². The third kappa shape index (κ3) is 14.9. The minimum Gasteiger partial charge on any atom is -0.428 e. The molecule has 0 radical (unpaired) electrons. The van der Waals surface area contributed by atoms with Crippen LogP contribution >= 0.6 is 0 Å². The molecule has 0 aliphatic carbocycles. The zero-order valence-electron chi connectivity index (χ0n) is 22.2. The Morgan fingerprint density at radius 3 is 1.80 bits per heavy atom. The smallest absolute Gasteiger partial charge is 0.428 e. The van der Waals surface area contributed by atoms with Crippen LogP contribution < -0.4 is 14.8 Å². The van der Waals surface area contributed by atoms with Crippen LogP contribution in [0.25, 0.3) is 0 Å². The van der Waals surface area contributed by atoms with Gasteiger partial charge in [0.1, 0.15) is 11.2 Å². The molecule has 0 saturated heterocycles. The average Bonchev–Trinajstić information content (AvgIpc) is 2.68. The van der Waals surface area contributed by atoms with Gasteiger partial charge in [0.05, 0.1) is 12.6 Å². The Hall–Kier alpha value is -2.81. The molecule has 0 aromatic heterocycles. The minimum absolute atomic E-state index is 0. The molecule has 0 spiro atoms. The van der Waals surface area contributed by atoms with Crippen molar-refractivity contribution >= 4 is 18.7 Å². The standard InChI is InChI=1S/C23H35NO8.C2H6.CH4/c1-9-28-13-17(24-14-25)11-16-12-19(30-21(27)32-23(6,7)8)18(10-15(16)2)29-20(26)31-22(3,4)5;1-2;/h10,12,14,17H,9,11,13H2,1-8H3,(H,24,25);1-2H3;1H4. The fourth-order valence-electron chi connectivity index (χ4n) is 2.59. The quantitative estimate of drug-likeness (QED) is 0.251. The first-order valence-electron chi connectivity index (χ1n) is 11.5. The van der Waals surface area contributed by atoms with Crippen molar-refractivity contribution in [3.8, 4) is 11.5 Å². The predicted molar refractivity (Wildman–Crippen MR) is 136 cm³/mol. The molecule has 9 nitrogen and oxygen atoms in total. The van der Waals surface area contributed by atoms with Crippen molar-refractivity contribution in [2.75, 3.05) is 13.2 Å². The summed E-state index contributed by atoms with van der Waals surface area (Å²) in [5, 5.41) is 2.71. The van der Waals surface area contributed by atoms with E-state index in [2.05, 4.69) is 5.32 Å². The number of benzene rings is 1. The summed E-state index contributed by atoms with van der Waals surface area (Å²) in [6, 6.07) is 2.85. The Labute approximate surface area is 210 Å². The molecule has 0 saturated carbocycles. The van der Waals surface area contributed by atoms with Crippen LogP contribution in [0.1, 0.15) is 80.9 Å². The number of ether oxygens (including phenoxy) is 5. The molecule has 0 aliphatic rings. The van der Waals surface area contributed by atoms with E-state index in [1.165, 1.54) is 0 Å². The lowest BCUT2D eigenvalue weighted by atomic mass is 10.0. The number of hydrogen-bond donors (Lipinski definition) is 1. The molecule has 1 aromatic carbocycles. The van der Waals surface area contributed by atoms with E-state index in [9.17, 15) is 14.4 Å². The van der Waals surface area contributed by atoms with Crippen LogP contribution in [0.2, 0.25) is 0 Å². The van der Waals surface area contributed by atoms with Gasteiger partial charge in [0.15, 0.2) is 11.5 Å². The molecule has 9 heteroatoms. The maximum Gasteiger partial charge on any atom is 0.514 e. The molecular formula is C26H45NO8. The van der Waals surface area contributed by atoms with Crippen molar-refractivity contribution in [1.82, 2.24) is 5.32 Å². The van der Waals surface area contributed by atoms with E-state index in [-0.39, 0.29) is 25.0 Å². The lowest BCUT2D eigenvalue weighted by Crippen LogP contribution is -2.34. The molecule has 0 fully saturated rings. The maximum absolute atomic E-state index is 12.3. The van der Waals surface area contributed by atoms with Gasteiger partial charge in [0.25, 0.3) is 0 Å². The second-order valence-corrected chi connectivity index (χ2v) is 9.20. The molecule has 1 N–H and O–H groups in total. The van der Waals surface area contributed by atoms with Gasteiger partial charge >= 0.3 is 12.3 Å². The van der Waals surface area contributed by atoms with Crippen molar-refractivity contribution in [2.45, 2.75) is 100 Å². The fraction of sp³-hybridized carbons (Fsp3) is 0.654. The topological polar surface area (TPSA) is 109 Å². The lowest BCUT2D eigenvalue weighted by molar-refractivity contribution is -0.110. The third-order valence-corrected chi connectivity index (χ3v) is 3.86. The number of hydrogen-bond acceptors (Lipinski definition) is 8. The Bertz CT molecular complexity index is 794. The van der Waals surface area contributed by atoms with Crippen LogP contribution in [0.4, 0.5) is 9.59 Å². The van der Waals surface area contributed by atoms with Crippen molar-refractivity contribution in [2.24, 2.45) is 0 Å². The highest BCUT2D eigenvalue weighted by Crippen LogP contribution is 2.33. The fourth-order valence-corrected chi connectivity index (χ4v) is 2.59. The van der Waals surface area contributed by atoms with Gasteiger partial charge in [-0.15, -0.1) is 0 Å². The predicted octanol–water partition coefficient (Wildman–Crippen LogP) is 5.98. The average molecular weight is 500 g/mol. The molecule has 1 unspecified atom stereocenters. The lowest BCUT2D eigenvalue weighted by Gasteiger charge is -2.22. The van der Waals surface area contributed by atoms with Crippen LogP contribution in [0, 0.1) is 6.92 Å². The van der Waals surface area contributed by atoms with Gasteiger partial charge in [0.2, 0.25) is 6.41 Å². The number of aryl methyl sites for hydroxylation is 1. The van der Waals surface area contributed by atoms with Gasteiger partial charge in [-0.05, 0) is 85.1 Å². The van der Waals surface area contributed by atoms with Crippen LogP contribution in [0.3, 0.4) is 0 Å². The van der Waals surface area contributed by atoms with Gasteiger partial charge in [-0.25, -0.2) is 9.59 Å². The first kappa shape index (κ1) is 34.4. The van der Waals surface area contributed by atoms with Crippen molar-refractivity contribution in [3.63, 3.8) is 0 Å². The summed E-state index contributed by atoms with van der Waals surface area (Å²) in [5.74, 6) is 0.00281. The molecule has 1 atom stereocenters. The van der Waals surface area contributed by atoms with Crippen LogP contribution in [-0.2, 0) is 25.4 Å². The number of carbonyl (C=O) groups excluding carboxylic acids is 3. The van der Waals surface area contributed by atoms with E-state index >= 15 is 0 Å². The molecule has 35 heavy (non-hydrogen) atoms. The molecule has 1 amide bonds. The summed E-state index contributed by atoms with van der Waals surface area (Å²) in [6.45, 7) is 18.7. The van der Waals surface area contributed by atoms with Crippen LogP contribution in [0.5, 0.6) is 11.5 Å². The van der Waals surface area contributed by atoms with E-state index in [1.54, 1.807) is 53.7 Å². The SMILES string of the molecule is C.CC.CCOCC(Cc1cc(OC(=O)OC(C)(C)C)c(OC(=O)OC(C)(C)C)cc1C)NC=O. The number of carbonyl (C=O) groups is 3. The maximum atomic E-state index is 12.3.